The first-order valence-electron chi connectivity index (χ1n) is 4.66. The van der Waals surface area contributed by atoms with Gasteiger partial charge in [-0.05, 0) is 37.9 Å². The number of hydrogen-bond donors (Lipinski definition) is 2. The Bertz CT molecular complexity index is 607. The second-order valence-electron chi connectivity index (χ2n) is 3.29. The SMILES string of the molecule is Nc1ncnc(Nc2cc(F)c(Br)cc2F)c1Br. The average Bonchev–Trinajstić information content (AvgIpc) is 2.32. The number of benzene rings is 1. The first-order valence-corrected chi connectivity index (χ1v) is 6.25. The van der Waals surface area contributed by atoms with Gasteiger partial charge in [0.2, 0.25) is 0 Å². The van der Waals surface area contributed by atoms with Crippen LogP contribution in [0.4, 0.5) is 26.1 Å². The van der Waals surface area contributed by atoms with E-state index in [4.69, 9.17) is 5.73 Å². The van der Waals surface area contributed by atoms with Crippen LogP contribution in [0.25, 0.3) is 0 Å². The molecule has 4 nitrogen and oxygen atoms in total. The quantitative estimate of drug-likeness (QED) is 0.782. The Morgan fingerprint density at radius 3 is 2.56 bits per heavy atom. The largest absolute Gasteiger partial charge is 0.383 e. The average molecular weight is 380 g/mol. The molecule has 2 aromatic rings. The van der Waals surface area contributed by atoms with Crippen molar-refractivity contribution in [2.24, 2.45) is 0 Å². The van der Waals surface area contributed by atoms with Crippen LogP contribution in [0.5, 0.6) is 0 Å². The van der Waals surface area contributed by atoms with Gasteiger partial charge in [0, 0.05) is 6.07 Å². The lowest BCUT2D eigenvalue weighted by Crippen LogP contribution is -2.01. The molecule has 0 bridgehead atoms. The number of halogens is 4. The summed E-state index contributed by atoms with van der Waals surface area (Å²) in [5.41, 5.74) is 5.51. The van der Waals surface area contributed by atoms with E-state index in [1.807, 2.05) is 0 Å². The summed E-state index contributed by atoms with van der Waals surface area (Å²) in [6.07, 6.45) is 1.22. The van der Waals surface area contributed by atoms with Crippen LogP contribution in [0.3, 0.4) is 0 Å². The zero-order valence-corrected chi connectivity index (χ0v) is 11.9. The predicted octanol–water partition coefficient (Wildman–Crippen LogP) is 3.61. The van der Waals surface area contributed by atoms with Gasteiger partial charge in [0.25, 0.3) is 0 Å². The summed E-state index contributed by atoms with van der Waals surface area (Å²) in [7, 11) is 0. The van der Waals surface area contributed by atoms with Crippen LogP contribution in [-0.2, 0) is 0 Å². The highest BCUT2D eigenvalue weighted by Crippen LogP contribution is 2.30. The van der Waals surface area contributed by atoms with Gasteiger partial charge in [-0.25, -0.2) is 18.7 Å². The molecule has 0 radical (unpaired) electrons. The number of nitrogens with two attached hydrogens (primary N) is 1. The Labute approximate surface area is 118 Å². The van der Waals surface area contributed by atoms with E-state index in [1.165, 1.54) is 6.33 Å². The minimum atomic E-state index is -0.618. The van der Waals surface area contributed by atoms with Crippen molar-refractivity contribution in [2.45, 2.75) is 0 Å². The summed E-state index contributed by atoms with van der Waals surface area (Å²) >= 11 is 6.05. The van der Waals surface area contributed by atoms with E-state index < -0.39 is 11.6 Å². The molecule has 3 N–H and O–H groups in total. The van der Waals surface area contributed by atoms with Crippen molar-refractivity contribution in [3.8, 4) is 0 Å². The van der Waals surface area contributed by atoms with Gasteiger partial charge >= 0.3 is 0 Å². The molecule has 2 rings (SSSR count). The van der Waals surface area contributed by atoms with Gasteiger partial charge in [-0.2, -0.15) is 0 Å². The Morgan fingerprint density at radius 2 is 1.83 bits per heavy atom. The van der Waals surface area contributed by atoms with Crippen molar-refractivity contribution >= 4 is 49.2 Å². The molecule has 0 fully saturated rings. The van der Waals surface area contributed by atoms with Gasteiger partial charge in [-0.1, -0.05) is 0 Å². The molecule has 0 aliphatic heterocycles. The van der Waals surface area contributed by atoms with Crippen LogP contribution in [0.15, 0.2) is 27.4 Å². The van der Waals surface area contributed by atoms with E-state index >= 15 is 0 Å². The molecule has 0 aliphatic carbocycles. The first-order chi connectivity index (χ1) is 8.49. The van der Waals surface area contributed by atoms with Crippen molar-refractivity contribution in [1.82, 2.24) is 9.97 Å². The maximum absolute atomic E-state index is 13.6. The van der Waals surface area contributed by atoms with Gasteiger partial charge < -0.3 is 11.1 Å². The van der Waals surface area contributed by atoms with Crippen LogP contribution in [0, 0.1) is 11.6 Å². The Kier molecular flexibility index (Phi) is 3.76. The van der Waals surface area contributed by atoms with E-state index in [9.17, 15) is 8.78 Å². The van der Waals surface area contributed by atoms with Crippen molar-refractivity contribution < 1.29 is 8.78 Å². The smallest absolute Gasteiger partial charge is 0.150 e. The van der Waals surface area contributed by atoms with Crippen LogP contribution >= 0.6 is 31.9 Å². The van der Waals surface area contributed by atoms with Crippen molar-refractivity contribution in [1.29, 1.82) is 0 Å². The van der Waals surface area contributed by atoms with Gasteiger partial charge in [0.1, 0.15) is 34.1 Å². The number of nitrogens with zero attached hydrogens (tertiary/aromatic N) is 2. The highest BCUT2D eigenvalue weighted by atomic mass is 79.9. The minimum Gasteiger partial charge on any atom is -0.383 e. The summed E-state index contributed by atoms with van der Waals surface area (Å²) in [5.74, 6) is -0.752. The number of nitrogens with one attached hydrogen (secondary N) is 1. The van der Waals surface area contributed by atoms with Crippen molar-refractivity contribution in [3.63, 3.8) is 0 Å². The third-order valence-electron chi connectivity index (χ3n) is 2.08. The van der Waals surface area contributed by atoms with Crippen LogP contribution < -0.4 is 11.1 Å². The third kappa shape index (κ3) is 2.59. The second kappa shape index (κ2) is 5.15. The summed E-state index contributed by atoms with van der Waals surface area (Å²) in [4.78, 5) is 7.62. The number of rotatable bonds is 2. The zero-order valence-electron chi connectivity index (χ0n) is 8.72. The fourth-order valence-corrected chi connectivity index (χ4v) is 1.84. The molecule has 94 valence electrons. The van der Waals surface area contributed by atoms with Gasteiger partial charge in [0.15, 0.2) is 0 Å². The standard InChI is InChI=1S/C10H6Br2F2N4/c11-4-1-6(14)7(2-5(4)13)18-10-8(12)9(15)16-3-17-10/h1-3H,(H3,15,16,17,18). The molecule has 0 saturated heterocycles. The highest BCUT2D eigenvalue weighted by molar-refractivity contribution is 9.11. The molecule has 0 unspecified atom stereocenters. The zero-order chi connectivity index (χ0) is 13.3. The maximum Gasteiger partial charge on any atom is 0.150 e. The number of hydrogen-bond acceptors (Lipinski definition) is 4. The first kappa shape index (κ1) is 13.2. The van der Waals surface area contributed by atoms with Gasteiger partial charge in [0.05, 0.1) is 10.2 Å². The predicted molar refractivity (Wildman–Crippen MR) is 71.5 cm³/mol. The molecule has 0 amide bonds. The van der Waals surface area contributed by atoms with Gasteiger partial charge in [-0.15, -0.1) is 0 Å². The van der Waals surface area contributed by atoms with Gasteiger partial charge in [-0.3, -0.25) is 0 Å². The Morgan fingerprint density at radius 1 is 1.11 bits per heavy atom. The second-order valence-corrected chi connectivity index (χ2v) is 4.94. The molecule has 0 spiro atoms. The molecular weight excluding hydrogens is 374 g/mol. The minimum absolute atomic E-state index is 0.0468. The van der Waals surface area contributed by atoms with E-state index in [0.29, 0.717) is 4.47 Å². The lowest BCUT2D eigenvalue weighted by Gasteiger charge is -2.09. The molecule has 0 saturated carbocycles. The third-order valence-corrected chi connectivity index (χ3v) is 3.47. The van der Waals surface area contributed by atoms with E-state index in [-0.39, 0.29) is 21.8 Å². The lowest BCUT2D eigenvalue weighted by molar-refractivity contribution is 0.597. The lowest BCUT2D eigenvalue weighted by atomic mass is 10.3. The molecule has 18 heavy (non-hydrogen) atoms. The Balaban J connectivity index is 2.40. The van der Waals surface area contributed by atoms with E-state index in [2.05, 4.69) is 47.1 Å². The van der Waals surface area contributed by atoms with Crippen LogP contribution in [-0.4, -0.2) is 9.97 Å². The number of anilines is 3. The fourth-order valence-electron chi connectivity index (χ4n) is 1.22. The topological polar surface area (TPSA) is 63.8 Å². The van der Waals surface area contributed by atoms with E-state index in [1.54, 1.807) is 0 Å². The van der Waals surface area contributed by atoms with E-state index in [0.717, 1.165) is 12.1 Å². The number of nitrogen functional groups attached to an aromatic ring is 1. The summed E-state index contributed by atoms with van der Waals surface area (Å²) in [6, 6.07) is 2.04. The molecule has 1 aromatic carbocycles. The van der Waals surface area contributed by atoms with Crippen molar-refractivity contribution in [2.75, 3.05) is 11.1 Å². The van der Waals surface area contributed by atoms with Crippen LogP contribution in [0.1, 0.15) is 0 Å². The molecule has 0 atom stereocenters. The molecular formula is C10H6Br2F2N4. The maximum atomic E-state index is 13.6. The molecule has 1 heterocycles. The normalized spacial score (nSPS) is 10.4. The fraction of sp³-hybridized carbons (Fsp3) is 0. The number of aromatic nitrogens is 2. The summed E-state index contributed by atoms with van der Waals surface area (Å²) in [6.45, 7) is 0. The molecule has 8 heteroatoms. The summed E-state index contributed by atoms with van der Waals surface area (Å²) < 4.78 is 27.3. The van der Waals surface area contributed by atoms with Crippen molar-refractivity contribution in [3.05, 3.63) is 39.0 Å². The Hall–Kier alpha value is -1.28. The monoisotopic (exact) mass is 378 g/mol. The molecule has 0 aliphatic rings. The molecule has 1 aromatic heterocycles. The summed E-state index contributed by atoms with van der Waals surface area (Å²) in [5, 5.41) is 2.64. The van der Waals surface area contributed by atoms with Crippen LogP contribution in [0.2, 0.25) is 0 Å². The highest BCUT2D eigenvalue weighted by Gasteiger charge is 2.11.